The maximum absolute atomic E-state index is 16.1. The Hall–Kier alpha value is -3.68. The van der Waals surface area contributed by atoms with E-state index in [2.05, 4.69) is 24.9 Å². The summed E-state index contributed by atoms with van der Waals surface area (Å²) in [7, 11) is -4.39. The lowest BCUT2D eigenvalue weighted by Crippen LogP contribution is -2.42. The van der Waals surface area contributed by atoms with Crippen molar-refractivity contribution in [2.24, 2.45) is 0 Å². The highest BCUT2D eigenvalue weighted by Crippen LogP contribution is 2.49. The number of nitrogens with one attached hydrogen (secondary N) is 1. The van der Waals surface area contributed by atoms with Crippen LogP contribution in [0.3, 0.4) is 0 Å². The van der Waals surface area contributed by atoms with Gasteiger partial charge in [0, 0.05) is 18.5 Å². The van der Waals surface area contributed by atoms with Crippen molar-refractivity contribution in [3.05, 3.63) is 54.6 Å². The molecule has 13 nitrogen and oxygen atoms in total. The number of halogens is 1. The number of alkyl halides is 1. The van der Waals surface area contributed by atoms with Crippen molar-refractivity contribution >= 4 is 41.5 Å². The molecule has 2 aromatic heterocycles. The van der Waals surface area contributed by atoms with Crippen LogP contribution in [-0.2, 0) is 23.4 Å². The van der Waals surface area contributed by atoms with Crippen molar-refractivity contribution in [2.75, 3.05) is 24.6 Å². The van der Waals surface area contributed by atoms with E-state index >= 15 is 4.39 Å². The summed E-state index contributed by atoms with van der Waals surface area (Å²) in [5.41, 5.74) is -1.13. The van der Waals surface area contributed by atoms with Gasteiger partial charge >= 0.3 is 13.7 Å². The van der Waals surface area contributed by atoms with Crippen LogP contribution in [0.5, 0.6) is 5.75 Å². The minimum atomic E-state index is -4.39. The van der Waals surface area contributed by atoms with E-state index in [1.807, 2.05) is 30.3 Å². The van der Waals surface area contributed by atoms with Crippen molar-refractivity contribution in [3.8, 4) is 5.75 Å². The Kier molecular flexibility index (Phi) is 9.35. The van der Waals surface area contributed by atoms with Gasteiger partial charge in [0.25, 0.3) is 0 Å². The summed E-state index contributed by atoms with van der Waals surface area (Å²) in [6.07, 6.45) is 2.30. The van der Waals surface area contributed by atoms with E-state index in [4.69, 9.17) is 18.5 Å². The molecule has 2 aromatic carbocycles. The molecule has 15 heteroatoms. The number of aliphatic hydroxyl groups is 1. The third-order valence-electron chi connectivity index (χ3n) is 9.53. The summed E-state index contributed by atoms with van der Waals surface area (Å²) in [4.78, 5) is 28.8. The van der Waals surface area contributed by atoms with Gasteiger partial charge in [-0.1, -0.05) is 42.8 Å². The number of carbonyl (C=O) groups excluding carboxylic acids is 1. The van der Waals surface area contributed by atoms with Crippen LogP contribution in [0.25, 0.3) is 21.9 Å². The highest BCUT2D eigenvalue weighted by atomic mass is 31.2. The molecule has 6 atom stereocenters. The average molecular weight is 697 g/mol. The number of fused-ring (bicyclic) bond motifs is 2. The lowest BCUT2D eigenvalue weighted by Gasteiger charge is -2.32. The molecule has 2 N–H and O–H groups in total. The molecule has 49 heavy (non-hydrogen) atoms. The topological polar surface area (TPSA) is 150 Å². The Morgan fingerprint density at radius 2 is 1.90 bits per heavy atom. The molecular formula is C34H42FN6O7P. The van der Waals surface area contributed by atoms with E-state index in [1.165, 1.54) is 24.7 Å². The molecule has 4 aromatic rings. The highest BCUT2D eigenvalue weighted by Gasteiger charge is 2.55. The van der Waals surface area contributed by atoms with Crippen molar-refractivity contribution in [3.63, 3.8) is 0 Å². The summed E-state index contributed by atoms with van der Waals surface area (Å²) < 4.78 is 55.7. The van der Waals surface area contributed by atoms with Crippen molar-refractivity contribution in [1.82, 2.24) is 24.6 Å². The highest BCUT2D eigenvalue weighted by molar-refractivity contribution is 7.52. The molecule has 7 rings (SSSR count). The number of esters is 1. The average Bonchev–Trinajstić information content (AvgIpc) is 3.56. The van der Waals surface area contributed by atoms with Crippen molar-refractivity contribution in [2.45, 2.75) is 95.5 Å². The van der Waals surface area contributed by atoms with E-state index in [0.29, 0.717) is 28.2 Å². The van der Waals surface area contributed by atoms with Gasteiger partial charge < -0.3 is 24.0 Å². The van der Waals surface area contributed by atoms with Gasteiger partial charge in [0.15, 0.2) is 29.4 Å². The van der Waals surface area contributed by atoms with Crippen LogP contribution < -0.4 is 14.5 Å². The zero-order valence-electron chi connectivity index (χ0n) is 27.8. The normalized spacial score (nSPS) is 26.4. The molecule has 1 unspecified atom stereocenters. The Morgan fingerprint density at radius 1 is 1.14 bits per heavy atom. The first-order valence-electron chi connectivity index (χ1n) is 16.9. The minimum absolute atomic E-state index is 0.210. The predicted molar refractivity (Wildman–Crippen MR) is 180 cm³/mol. The Labute approximate surface area is 283 Å². The second-order valence-electron chi connectivity index (χ2n) is 13.3. The Morgan fingerprint density at radius 3 is 2.65 bits per heavy atom. The molecule has 1 saturated carbocycles. The molecule has 1 aliphatic carbocycles. The van der Waals surface area contributed by atoms with Gasteiger partial charge in [-0.05, 0) is 64.3 Å². The third-order valence-corrected chi connectivity index (χ3v) is 11.2. The Balaban J connectivity index is 1.13. The molecule has 0 spiro atoms. The molecule has 4 heterocycles. The van der Waals surface area contributed by atoms with E-state index < -0.39 is 50.5 Å². The van der Waals surface area contributed by atoms with Crippen LogP contribution in [0.4, 0.5) is 10.2 Å². The quantitative estimate of drug-likeness (QED) is 0.150. The number of imidazole rings is 1. The number of hydrogen-bond acceptors (Lipinski definition) is 11. The van der Waals surface area contributed by atoms with Gasteiger partial charge in [-0.15, -0.1) is 0 Å². The van der Waals surface area contributed by atoms with E-state index in [1.54, 1.807) is 19.1 Å². The maximum Gasteiger partial charge on any atom is 0.459 e. The van der Waals surface area contributed by atoms with Gasteiger partial charge in [-0.2, -0.15) is 5.09 Å². The number of ether oxygens (including phenoxy) is 2. The Bertz CT molecular complexity index is 1880. The summed E-state index contributed by atoms with van der Waals surface area (Å²) in [6.45, 7) is 5.71. The maximum atomic E-state index is 16.1. The van der Waals surface area contributed by atoms with Crippen LogP contribution in [0.2, 0.25) is 0 Å². The molecule has 0 radical (unpaired) electrons. The number of anilines is 1. The molecule has 3 fully saturated rings. The van der Waals surface area contributed by atoms with Crippen LogP contribution >= 0.6 is 7.75 Å². The van der Waals surface area contributed by atoms with E-state index in [9.17, 15) is 14.5 Å². The largest absolute Gasteiger partial charge is 0.461 e. The zero-order valence-corrected chi connectivity index (χ0v) is 28.7. The fraction of sp³-hybridized carbons (Fsp3) is 0.529. The summed E-state index contributed by atoms with van der Waals surface area (Å²) in [5, 5.41) is 15.7. The van der Waals surface area contributed by atoms with Gasteiger partial charge in [0.2, 0.25) is 0 Å². The molecule has 0 amide bonds. The van der Waals surface area contributed by atoms with E-state index in [0.717, 1.165) is 57.0 Å². The second-order valence-corrected chi connectivity index (χ2v) is 15.0. The van der Waals surface area contributed by atoms with Crippen LogP contribution in [0.1, 0.15) is 64.4 Å². The first-order chi connectivity index (χ1) is 23.5. The number of aromatic nitrogens is 4. The fourth-order valence-electron chi connectivity index (χ4n) is 6.69. The number of hydrogen-bond donors (Lipinski definition) is 2. The zero-order chi connectivity index (χ0) is 34.3. The number of aryl methyl sites for hydroxylation is 1. The third kappa shape index (κ3) is 6.77. The predicted octanol–water partition coefficient (Wildman–Crippen LogP) is 5.54. The lowest BCUT2D eigenvalue weighted by molar-refractivity contribution is -0.152. The van der Waals surface area contributed by atoms with E-state index in [-0.39, 0.29) is 11.9 Å². The van der Waals surface area contributed by atoms with Gasteiger partial charge in [-0.3, -0.25) is 13.9 Å². The second kappa shape index (κ2) is 13.6. The first-order valence-corrected chi connectivity index (χ1v) is 18.4. The molecule has 262 valence electrons. The molecule has 2 aliphatic heterocycles. The smallest absolute Gasteiger partial charge is 0.459 e. The molecular weight excluding hydrogens is 654 g/mol. The SMILES string of the molecule is Cc1nc(N2CCC2)c2ncn([C@@H]3O[C@H](COP(=O)(N[C@@H](C)C(=O)OC4CCCCC4)Oc4cccc5ccccc45)[C@@H](F)[C@@]3(C)O)c2n1. The number of nitrogens with zero attached hydrogens (tertiary/aromatic N) is 5. The van der Waals surface area contributed by atoms with Crippen molar-refractivity contribution in [1.29, 1.82) is 0 Å². The monoisotopic (exact) mass is 696 g/mol. The lowest BCUT2D eigenvalue weighted by atomic mass is 9.98. The standard InChI is InChI=1S/C34H42FN6O7P/c1-21(32(42)46-24-13-5-4-6-14-24)39-49(44,48-26-16-9-12-23-11-7-8-15-25(23)26)45-19-27-29(35)34(3,43)33(47-27)41-20-36-28-30(40-17-10-18-40)37-22(2)38-31(28)41/h7-9,11-12,15-16,20-21,24,27,29,33,43H,4-6,10,13-14,17-19H2,1-3H3,(H,39,44)/t21-,27+,29+,33+,34+,49?/m0/s1. The van der Waals surface area contributed by atoms with Crippen LogP contribution in [0, 0.1) is 6.92 Å². The van der Waals surface area contributed by atoms with Crippen molar-refractivity contribution < 1.29 is 37.4 Å². The molecule has 2 saturated heterocycles. The minimum Gasteiger partial charge on any atom is -0.461 e. The van der Waals surface area contributed by atoms with Crippen LogP contribution in [0.15, 0.2) is 48.8 Å². The number of benzene rings is 2. The summed E-state index contributed by atoms with van der Waals surface area (Å²) in [5.74, 6) is 0.825. The van der Waals surface area contributed by atoms with Gasteiger partial charge in [0.05, 0.1) is 12.9 Å². The molecule has 0 bridgehead atoms. The summed E-state index contributed by atoms with van der Waals surface area (Å²) >= 11 is 0. The van der Waals surface area contributed by atoms with Crippen LogP contribution in [-0.4, -0.2) is 80.3 Å². The fourth-order valence-corrected chi connectivity index (χ4v) is 8.21. The first kappa shape index (κ1) is 33.8. The molecule has 3 aliphatic rings. The van der Waals surface area contributed by atoms with Gasteiger partial charge in [-0.25, -0.2) is 23.9 Å². The summed E-state index contributed by atoms with van der Waals surface area (Å²) in [6, 6.07) is 11.6. The number of rotatable bonds is 11. The number of carbonyl (C=O) groups is 1. The van der Waals surface area contributed by atoms with Gasteiger partial charge in [0.1, 0.15) is 35.4 Å².